The number of hydrogen-bond acceptors (Lipinski definition) is 3. The summed E-state index contributed by atoms with van der Waals surface area (Å²) in [5, 5.41) is 2.45. The molecular weight excluding hydrogens is 344 g/mol. The summed E-state index contributed by atoms with van der Waals surface area (Å²) < 4.78 is 53.5. The van der Waals surface area contributed by atoms with Crippen LogP contribution in [0.25, 0.3) is 0 Å². The number of anilines is 2. The van der Waals surface area contributed by atoms with Gasteiger partial charge in [-0.25, -0.2) is 4.39 Å². The van der Waals surface area contributed by atoms with Crippen molar-refractivity contribution in [2.75, 3.05) is 16.8 Å². The number of amides is 2. The van der Waals surface area contributed by atoms with Crippen LogP contribution >= 0.6 is 0 Å². The first kappa shape index (κ1) is 16.7. The van der Waals surface area contributed by atoms with E-state index in [0.717, 1.165) is 41.3 Å². The van der Waals surface area contributed by atoms with Gasteiger partial charge in [-0.05, 0) is 42.5 Å². The van der Waals surface area contributed by atoms with E-state index in [-0.39, 0.29) is 17.8 Å². The smallest absolute Gasteiger partial charge is 0.406 e. The van der Waals surface area contributed by atoms with Gasteiger partial charge in [0.25, 0.3) is 5.91 Å². The Morgan fingerprint density at radius 3 is 2.44 bits per heavy atom. The highest BCUT2D eigenvalue weighted by molar-refractivity contribution is 6.15. The molecule has 1 N–H and O–H groups in total. The zero-order valence-corrected chi connectivity index (χ0v) is 12.4. The molecule has 0 saturated heterocycles. The number of carbonyl (C=O) groups excluding carboxylic acids is 2. The third-order valence-corrected chi connectivity index (χ3v) is 3.41. The van der Waals surface area contributed by atoms with E-state index in [4.69, 9.17) is 0 Å². The van der Waals surface area contributed by atoms with Gasteiger partial charge in [0, 0.05) is 5.56 Å². The fraction of sp³-hybridized carbons (Fsp3) is 0.125. The molecule has 25 heavy (non-hydrogen) atoms. The Bertz CT molecular complexity index is 834. The molecule has 0 spiro atoms. The summed E-state index contributed by atoms with van der Waals surface area (Å²) in [4.78, 5) is 25.4. The van der Waals surface area contributed by atoms with Gasteiger partial charge in [0.2, 0.25) is 5.91 Å². The standard InChI is InChI=1S/C16H10F4N2O3/c17-10-3-6-13-12(7-10)21-14(23)8-22(13)15(24)9-1-4-11(5-2-9)25-16(18,19)20/h1-7H,8H2,(H,21,23). The zero-order valence-electron chi connectivity index (χ0n) is 12.4. The predicted octanol–water partition coefficient (Wildman–Crippen LogP) is 3.32. The Kier molecular flexibility index (Phi) is 4.07. The van der Waals surface area contributed by atoms with Crippen molar-refractivity contribution in [1.82, 2.24) is 0 Å². The number of benzene rings is 2. The van der Waals surface area contributed by atoms with Crippen LogP contribution in [0.5, 0.6) is 5.75 Å². The molecular formula is C16H10F4N2O3. The number of alkyl halides is 3. The monoisotopic (exact) mass is 354 g/mol. The van der Waals surface area contributed by atoms with Gasteiger partial charge in [-0.3, -0.25) is 14.5 Å². The van der Waals surface area contributed by atoms with Crippen LogP contribution in [-0.2, 0) is 4.79 Å². The van der Waals surface area contributed by atoms with Crippen molar-refractivity contribution in [2.45, 2.75) is 6.36 Å². The molecule has 0 unspecified atom stereocenters. The molecule has 130 valence electrons. The van der Waals surface area contributed by atoms with E-state index in [9.17, 15) is 27.2 Å². The molecule has 0 saturated carbocycles. The number of halogens is 4. The second kappa shape index (κ2) is 6.08. The minimum absolute atomic E-state index is 0.0551. The molecule has 2 amide bonds. The minimum atomic E-state index is -4.83. The van der Waals surface area contributed by atoms with Gasteiger partial charge < -0.3 is 10.1 Å². The topological polar surface area (TPSA) is 58.6 Å². The van der Waals surface area contributed by atoms with Crippen molar-refractivity contribution in [2.24, 2.45) is 0 Å². The summed E-state index contributed by atoms with van der Waals surface area (Å²) >= 11 is 0. The van der Waals surface area contributed by atoms with Crippen LogP contribution in [0.3, 0.4) is 0 Å². The Hall–Kier alpha value is -3.10. The fourth-order valence-electron chi connectivity index (χ4n) is 2.40. The molecule has 3 rings (SSSR count). The molecule has 0 aromatic heterocycles. The number of fused-ring (bicyclic) bond motifs is 1. The first-order chi connectivity index (χ1) is 11.7. The minimum Gasteiger partial charge on any atom is -0.406 e. The normalized spacial score (nSPS) is 13.9. The van der Waals surface area contributed by atoms with E-state index in [2.05, 4.69) is 10.1 Å². The predicted molar refractivity (Wildman–Crippen MR) is 79.8 cm³/mol. The van der Waals surface area contributed by atoms with Gasteiger partial charge in [-0.2, -0.15) is 0 Å². The van der Waals surface area contributed by atoms with Crippen LogP contribution in [0.15, 0.2) is 42.5 Å². The molecule has 1 heterocycles. The number of carbonyl (C=O) groups is 2. The molecule has 2 aromatic carbocycles. The van der Waals surface area contributed by atoms with Crippen LogP contribution in [0.2, 0.25) is 0 Å². The SMILES string of the molecule is O=C1CN(C(=O)c2ccc(OC(F)(F)F)cc2)c2ccc(F)cc2N1. The molecule has 9 heteroatoms. The molecule has 1 aliphatic heterocycles. The van der Waals surface area contributed by atoms with E-state index in [1.807, 2.05) is 0 Å². The highest BCUT2D eigenvalue weighted by Gasteiger charge is 2.31. The summed E-state index contributed by atoms with van der Waals surface area (Å²) in [5.41, 5.74) is 0.489. The third kappa shape index (κ3) is 3.70. The van der Waals surface area contributed by atoms with Gasteiger partial charge in [-0.15, -0.1) is 13.2 Å². The quantitative estimate of drug-likeness (QED) is 0.842. The maximum Gasteiger partial charge on any atom is 0.573 e. The van der Waals surface area contributed by atoms with Crippen LogP contribution < -0.4 is 15.0 Å². The van der Waals surface area contributed by atoms with Crippen molar-refractivity contribution >= 4 is 23.2 Å². The summed E-state index contributed by atoms with van der Waals surface area (Å²) in [5.74, 6) is -2.17. The average molecular weight is 354 g/mol. The van der Waals surface area contributed by atoms with E-state index in [1.54, 1.807) is 0 Å². The highest BCUT2D eigenvalue weighted by atomic mass is 19.4. The third-order valence-electron chi connectivity index (χ3n) is 3.41. The first-order valence-electron chi connectivity index (χ1n) is 7.00. The van der Waals surface area contributed by atoms with Gasteiger partial charge in [0.1, 0.15) is 18.1 Å². The lowest BCUT2D eigenvalue weighted by atomic mass is 10.1. The van der Waals surface area contributed by atoms with Crippen LogP contribution in [-0.4, -0.2) is 24.7 Å². The summed E-state index contributed by atoms with van der Waals surface area (Å²) in [6.45, 7) is -0.293. The molecule has 1 aliphatic rings. The second-order valence-corrected chi connectivity index (χ2v) is 5.17. The van der Waals surface area contributed by atoms with E-state index in [1.165, 1.54) is 6.07 Å². The second-order valence-electron chi connectivity index (χ2n) is 5.17. The molecule has 0 bridgehead atoms. The lowest BCUT2D eigenvalue weighted by molar-refractivity contribution is -0.274. The van der Waals surface area contributed by atoms with Crippen molar-refractivity contribution < 1.29 is 31.9 Å². The van der Waals surface area contributed by atoms with E-state index in [0.29, 0.717) is 5.69 Å². The maximum absolute atomic E-state index is 13.3. The van der Waals surface area contributed by atoms with E-state index >= 15 is 0 Å². The molecule has 2 aromatic rings. The van der Waals surface area contributed by atoms with Gasteiger partial charge >= 0.3 is 6.36 Å². The lowest BCUT2D eigenvalue weighted by Crippen LogP contribution is -2.42. The Balaban J connectivity index is 1.87. The Morgan fingerprint density at radius 1 is 1.12 bits per heavy atom. The molecule has 0 atom stereocenters. The highest BCUT2D eigenvalue weighted by Crippen LogP contribution is 2.31. The number of nitrogens with zero attached hydrogens (tertiary/aromatic N) is 1. The van der Waals surface area contributed by atoms with Crippen LogP contribution in [0.1, 0.15) is 10.4 Å². The zero-order chi connectivity index (χ0) is 18.2. The molecule has 0 aliphatic carbocycles. The number of ether oxygens (including phenoxy) is 1. The van der Waals surface area contributed by atoms with Crippen molar-refractivity contribution in [3.05, 3.63) is 53.8 Å². The van der Waals surface area contributed by atoms with E-state index < -0.39 is 29.7 Å². The molecule has 0 radical (unpaired) electrons. The Labute approximate surface area is 138 Å². The van der Waals surface area contributed by atoms with Gasteiger partial charge in [0.05, 0.1) is 11.4 Å². The molecule has 5 nitrogen and oxygen atoms in total. The number of nitrogens with one attached hydrogen (secondary N) is 1. The van der Waals surface area contributed by atoms with Crippen LogP contribution in [0.4, 0.5) is 28.9 Å². The van der Waals surface area contributed by atoms with Crippen molar-refractivity contribution in [1.29, 1.82) is 0 Å². The first-order valence-corrected chi connectivity index (χ1v) is 7.00. The largest absolute Gasteiger partial charge is 0.573 e. The van der Waals surface area contributed by atoms with Gasteiger partial charge in [0.15, 0.2) is 0 Å². The van der Waals surface area contributed by atoms with Crippen molar-refractivity contribution in [3.63, 3.8) is 0 Å². The summed E-state index contributed by atoms with van der Waals surface area (Å²) in [7, 11) is 0. The average Bonchev–Trinajstić information content (AvgIpc) is 2.52. The summed E-state index contributed by atoms with van der Waals surface area (Å²) in [6.07, 6.45) is -4.83. The summed E-state index contributed by atoms with van der Waals surface area (Å²) in [6, 6.07) is 7.85. The number of hydrogen-bond donors (Lipinski definition) is 1. The van der Waals surface area contributed by atoms with Gasteiger partial charge in [-0.1, -0.05) is 0 Å². The fourth-order valence-corrected chi connectivity index (χ4v) is 2.40. The van der Waals surface area contributed by atoms with Crippen LogP contribution in [0, 0.1) is 5.82 Å². The Morgan fingerprint density at radius 2 is 1.80 bits per heavy atom. The molecule has 0 fully saturated rings. The number of rotatable bonds is 2. The lowest BCUT2D eigenvalue weighted by Gasteiger charge is -2.29. The maximum atomic E-state index is 13.3. The van der Waals surface area contributed by atoms with Crippen molar-refractivity contribution in [3.8, 4) is 5.75 Å².